The van der Waals surface area contributed by atoms with Crippen molar-refractivity contribution in [3.63, 3.8) is 0 Å². The Balaban J connectivity index is 1.19. The lowest BCUT2D eigenvalue weighted by atomic mass is 10.3. The summed E-state index contributed by atoms with van der Waals surface area (Å²) in [6.45, 7) is 7.10. The molecule has 0 fully saturated rings. The molecular formula is C30H39NO6. The molecule has 0 aliphatic rings. The smallest absolute Gasteiger partial charge is 0.119 e. The normalized spacial score (nSPS) is 10.8. The van der Waals surface area contributed by atoms with Crippen LogP contribution >= 0.6 is 0 Å². The molecule has 0 spiro atoms. The van der Waals surface area contributed by atoms with Gasteiger partial charge >= 0.3 is 0 Å². The summed E-state index contributed by atoms with van der Waals surface area (Å²) in [5.74, 6) is 1.71. The van der Waals surface area contributed by atoms with E-state index in [1.54, 1.807) is 0 Å². The zero-order valence-corrected chi connectivity index (χ0v) is 21.5. The van der Waals surface area contributed by atoms with Gasteiger partial charge in [0, 0.05) is 18.8 Å². The number of ether oxygens (including phenoxy) is 6. The first-order valence-electron chi connectivity index (χ1n) is 12.9. The van der Waals surface area contributed by atoms with Crippen molar-refractivity contribution in [3.05, 3.63) is 91.0 Å². The van der Waals surface area contributed by atoms with Gasteiger partial charge in [-0.15, -0.1) is 0 Å². The van der Waals surface area contributed by atoms with E-state index < -0.39 is 0 Å². The highest BCUT2D eigenvalue weighted by Crippen LogP contribution is 2.13. The lowest BCUT2D eigenvalue weighted by Gasteiger charge is -2.24. The Kier molecular flexibility index (Phi) is 14.7. The SMILES string of the molecule is c1ccc(OCCOCCOCCN(CCOCCOCCOc2ccccc2)c2ccccc2)cc1. The number of rotatable bonds is 21. The first-order valence-corrected chi connectivity index (χ1v) is 12.9. The van der Waals surface area contributed by atoms with Gasteiger partial charge in [-0.05, 0) is 36.4 Å². The van der Waals surface area contributed by atoms with E-state index in [0.717, 1.165) is 30.3 Å². The topological polar surface area (TPSA) is 58.6 Å². The molecule has 0 saturated heterocycles. The molecule has 3 aromatic carbocycles. The van der Waals surface area contributed by atoms with E-state index in [1.807, 2.05) is 78.9 Å². The van der Waals surface area contributed by atoms with Gasteiger partial charge in [0.1, 0.15) is 24.7 Å². The van der Waals surface area contributed by atoms with Gasteiger partial charge in [0.25, 0.3) is 0 Å². The van der Waals surface area contributed by atoms with Crippen LogP contribution in [0.25, 0.3) is 0 Å². The summed E-state index contributed by atoms with van der Waals surface area (Å²) < 4.78 is 34.0. The van der Waals surface area contributed by atoms with Crippen LogP contribution in [0.15, 0.2) is 91.0 Å². The first-order chi connectivity index (χ1) is 18.4. The first kappa shape index (κ1) is 28.5. The predicted octanol–water partition coefficient (Wildman–Crippen LogP) is 4.72. The third kappa shape index (κ3) is 13.1. The maximum absolute atomic E-state index is 5.78. The second-order valence-electron chi connectivity index (χ2n) is 8.10. The fourth-order valence-corrected chi connectivity index (χ4v) is 3.47. The maximum Gasteiger partial charge on any atom is 0.119 e. The molecule has 7 nitrogen and oxygen atoms in total. The van der Waals surface area contributed by atoms with Gasteiger partial charge in [0.05, 0.1) is 52.9 Å². The van der Waals surface area contributed by atoms with E-state index in [0.29, 0.717) is 66.1 Å². The maximum atomic E-state index is 5.78. The molecule has 37 heavy (non-hydrogen) atoms. The van der Waals surface area contributed by atoms with Crippen molar-refractivity contribution >= 4 is 5.69 Å². The van der Waals surface area contributed by atoms with Crippen molar-refractivity contribution in [2.24, 2.45) is 0 Å². The van der Waals surface area contributed by atoms with E-state index in [1.165, 1.54) is 0 Å². The summed E-state index contributed by atoms with van der Waals surface area (Å²) in [7, 11) is 0. The number of benzene rings is 3. The van der Waals surface area contributed by atoms with Gasteiger partial charge in [-0.2, -0.15) is 0 Å². The third-order valence-corrected chi connectivity index (χ3v) is 5.36. The van der Waals surface area contributed by atoms with Gasteiger partial charge in [-0.25, -0.2) is 0 Å². The fourth-order valence-electron chi connectivity index (χ4n) is 3.47. The van der Waals surface area contributed by atoms with Crippen LogP contribution in [0.4, 0.5) is 5.69 Å². The zero-order chi connectivity index (χ0) is 25.6. The summed E-state index contributed by atoms with van der Waals surface area (Å²) >= 11 is 0. The average molecular weight is 510 g/mol. The van der Waals surface area contributed by atoms with Crippen LogP contribution in [0.1, 0.15) is 0 Å². The lowest BCUT2D eigenvalue weighted by Crippen LogP contribution is -2.31. The molecule has 3 aromatic rings. The van der Waals surface area contributed by atoms with Crippen LogP contribution in [-0.2, 0) is 18.9 Å². The molecule has 0 atom stereocenters. The highest BCUT2D eigenvalue weighted by atomic mass is 16.5. The molecule has 7 heteroatoms. The Hall–Kier alpha value is -3.10. The van der Waals surface area contributed by atoms with Crippen LogP contribution in [0.5, 0.6) is 11.5 Å². The second kappa shape index (κ2) is 19.1. The predicted molar refractivity (Wildman–Crippen MR) is 146 cm³/mol. The second-order valence-corrected chi connectivity index (χ2v) is 8.10. The van der Waals surface area contributed by atoms with E-state index in [4.69, 9.17) is 28.4 Å². The van der Waals surface area contributed by atoms with Crippen molar-refractivity contribution in [3.8, 4) is 11.5 Å². The van der Waals surface area contributed by atoms with Gasteiger partial charge in [0.15, 0.2) is 0 Å². The highest BCUT2D eigenvalue weighted by Gasteiger charge is 2.06. The molecule has 0 N–H and O–H groups in total. The zero-order valence-electron chi connectivity index (χ0n) is 21.5. The molecule has 0 aliphatic carbocycles. The number of nitrogens with zero attached hydrogens (tertiary/aromatic N) is 1. The minimum atomic E-state index is 0.526. The molecular weight excluding hydrogens is 470 g/mol. The molecule has 3 rings (SSSR count). The third-order valence-electron chi connectivity index (χ3n) is 5.36. The summed E-state index contributed by atoms with van der Waals surface area (Å²) in [5.41, 5.74) is 1.15. The molecule has 0 bridgehead atoms. The van der Waals surface area contributed by atoms with E-state index in [-0.39, 0.29) is 0 Å². The molecule has 0 amide bonds. The Morgan fingerprint density at radius 1 is 0.378 bits per heavy atom. The Labute approximate surface area is 220 Å². The number of anilines is 1. The van der Waals surface area contributed by atoms with Crippen molar-refractivity contribution in [2.75, 3.05) is 84.1 Å². The minimum absolute atomic E-state index is 0.526. The molecule has 200 valence electrons. The summed E-state index contributed by atoms with van der Waals surface area (Å²) in [6.07, 6.45) is 0. The van der Waals surface area contributed by atoms with Gasteiger partial charge in [-0.1, -0.05) is 54.6 Å². The summed E-state index contributed by atoms with van der Waals surface area (Å²) in [5, 5.41) is 0. The molecule has 0 heterocycles. The fraction of sp³-hybridized carbons (Fsp3) is 0.400. The Morgan fingerprint density at radius 3 is 1.16 bits per heavy atom. The van der Waals surface area contributed by atoms with Crippen LogP contribution in [0.2, 0.25) is 0 Å². The highest BCUT2D eigenvalue weighted by molar-refractivity contribution is 5.45. The van der Waals surface area contributed by atoms with Crippen molar-refractivity contribution in [1.82, 2.24) is 0 Å². The molecule has 0 aromatic heterocycles. The number of hydrogen-bond acceptors (Lipinski definition) is 7. The molecule has 0 aliphatic heterocycles. The van der Waals surface area contributed by atoms with E-state index >= 15 is 0 Å². The monoisotopic (exact) mass is 509 g/mol. The van der Waals surface area contributed by atoms with Crippen molar-refractivity contribution in [1.29, 1.82) is 0 Å². The van der Waals surface area contributed by atoms with Crippen LogP contribution in [-0.4, -0.2) is 79.2 Å². The molecule has 0 radical (unpaired) electrons. The van der Waals surface area contributed by atoms with Crippen LogP contribution < -0.4 is 14.4 Å². The number of hydrogen-bond donors (Lipinski definition) is 0. The van der Waals surface area contributed by atoms with Crippen molar-refractivity contribution < 1.29 is 28.4 Å². The molecule has 0 saturated carbocycles. The van der Waals surface area contributed by atoms with Gasteiger partial charge in [-0.3, -0.25) is 0 Å². The Bertz CT molecular complexity index is 856. The Morgan fingerprint density at radius 2 is 0.730 bits per heavy atom. The summed E-state index contributed by atoms with van der Waals surface area (Å²) in [4.78, 5) is 2.27. The quantitative estimate of drug-likeness (QED) is 0.193. The van der Waals surface area contributed by atoms with Crippen LogP contribution in [0, 0.1) is 0 Å². The van der Waals surface area contributed by atoms with E-state index in [9.17, 15) is 0 Å². The summed E-state index contributed by atoms with van der Waals surface area (Å²) in [6, 6.07) is 29.8. The van der Waals surface area contributed by atoms with Gasteiger partial charge in [0.2, 0.25) is 0 Å². The largest absolute Gasteiger partial charge is 0.491 e. The van der Waals surface area contributed by atoms with E-state index in [2.05, 4.69) is 17.0 Å². The van der Waals surface area contributed by atoms with Crippen LogP contribution in [0.3, 0.4) is 0 Å². The minimum Gasteiger partial charge on any atom is -0.491 e. The number of para-hydroxylation sites is 3. The standard InChI is InChI=1S/C30H39NO6/c1-4-10-28(11-5-1)31(16-18-32-20-22-34-24-26-36-29-12-6-2-7-13-29)17-19-33-21-23-35-25-27-37-30-14-8-3-9-15-30/h1-15H,16-27H2. The molecule has 0 unspecified atom stereocenters. The lowest BCUT2D eigenvalue weighted by molar-refractivity contribution is 0.0347. The van der Waals surface area contributed by atoms with Crippen molar-refractivity contribution in [2.45, 2.75) is 0 Å². The van der Waals surface area contributed by atoms with Gasteiger partial charge < -0.3 is 33.3 Å². The average Bonchev–Trinajstić information content (AvgIpc) is 2.96.